The zero-order valence-electron chi connectivity index (χ0n) is 12.1. The van der Waals surface area contributed by atoms with Crippen molar-refractivity contribution in [1.82, 2.24) is 0 Å². The largest absolute Gasteiger partial charge is 0.444 e. The van der Waals surface area contributed by atoms with E-state index in [0.717, 1.165) is 11.1 Å². The maximum absolute atomic E-state index is 11.8. The molecule has 1 N–H and O–H groups in total. The highest BCUT2D eigenvalue weighted by Crippen LogP contribution is 2.27. The Kier molecular flexibility index (Phi) is 4.29. The normalized spacial score (nSPS) is 10.8. The minimum absolute atomic E-state index is 0.484. The summed E-state index contributed by atoms with van der Waals surface area (Å²) in [6, 6.07) is 11.4. The van der Waals surface area contributed by atoms with Gasteiger partial charge < -0.3 is 4.74 Å². The van der Waals surface area contributed by atoms with Crippen LogP contribution in [0.2, 0.25) is 0 Å². The van der Waals surface area contributed by atoms with Gasteiger partial charge >= 0.3 is 6.09 Å². The SMILES string of the molecule is CC(C)(C)OC(=O)Nc1cccc(-c2csc(C#N)c2)c1. The van der Waals surface area contributed by atoms with E-state index in [1.165, 1.54) is 11.3 Å². The summed E-state index contributed by atoms with van der Waals surface area (Å²) in [5, 5.41) is 13.5. The number of hydrogen-bond donors (Lipinski definition) is 1. The zero-order valence-corrected chi connectivity index (χ0v) is 13.0. The molecule has 0 saturated carbocycles. The van der Waals surface area contributed by atoms with E-state index in [9.17, 15) is 4.79 Å². The monoisotopic (exact) mass is 300 g/mol. The first-order chi connectivity index (χ1) is 9.87. The maximum Gasteiger partial charge on any atom is 0.412 e. The molecule has 0 fully saturated rings. The number of nitrogens with one attached hydrogen (secondary N) is 1. The highest BCUT2D eigenvalue weighted by Gasteiger charge is 2.16. The average molecular weight is 300 g/mol. The van der Waals surface area contributed by atoms with Crippen LogP contribution in [0.3, 0.4) is 0 Å². The first-order valence-corrected chi connectivity index (χ1v) is 7.34. The first kappa shape index (κ1) is 15.1. The molecule has 0 bridgehead atoms. The molecule has 0 spiro atoms. The molecule has 1 heterocycles. The summed E-state index contributed by atoms with van der Waals surface area (Å²) >= 11 is 1.40. The maximum atomic E-state index is 11.8. The fourth-order valence-corrected chi connectivity index (χ4v) is 2.45. The molecule has 2 aromatic rings. The number of ether oxygens (including phenoxy) is 1. The molecule has 1 amide bonds. The molecule has 5 heteroatoms. The van der Waals surface area contributed by atoms with Crippen molar-refractivity contribution in [3.05, 3.63) is 40.6 Å². The van der Waals surface area contributed by atoms with Crippen LogP contribution in [0.15, 0.2) is 35.7 Å². The molecule has 4 nitrogen and oxygen atoms in total. The van der Waals surface area contributed by atoms with Crippen molar-refractivity contribution in [3.8, 4) is 17.2 Å². The second kappa shape index (κ2) is 5.98. The number of rotatable bonds is 2. The lowest BCUT2D eigenvalue weighted by Crippen LogP contribution is -2.27. The van der Waals surface area contributed by atoms with Gasteiger partial charge in [0.15, 0.2) is 0 Å². The summed E-state index contributed by atoms with van der Waals surface area (Å²) in [7, 11) is 0. The van der Waals surface area contributed by atoms with Gasteiger partial charge in [-0.05, 0) is 55.5 Å². The number of nitrogens with zero attached hydrogens (tertiary/aromatic N) is 1. The molecule has 2 rings (SSSR count). The Morgan fingerprint density at radius 1 is 1.29 bits per heavy atom. The van der Waals surface area contributed by atoms with Gasteiger partial charge in [-0.3, -0.25) is 5.32 Å². The molecular weight excluding hydrogens is 284 g/mol. The van der Waals surface area contributed by atoms with Gasteiger partial charge in [0.05, 0.1) is 0 Å². The van der Waals surface area contributed by atoms with E-state index >= 15 is 0 Å². The number of nitriles is 1. The summed E-state index contributed by atoms with van der Waals surface area (Å²) in [6.07, 6.45) is -0.484. The molecule has 108 valence electrons. The number of benzene rings is 1. The highest BCUT2D eigenvalue weighted by atomic mass is 32.1. The Morgan fingerprint density at radius 2 is 2.05 bits per heavy atom. The van der Waals surface area contributed by atoms with Crippen LogP contribution < -0.4 is 5.32 Å². The average Bonchev–Trinajstić information content (AvgIpc) is 2.85. The van der Waals surface area contributed by atoms with Crippen LogP contribution in [-0.2, 0) is 4.74 Å². The van der Waals surface area contributed by atoms with Crippen LogP contribution in [0.25, 0.3) is 11.1 Å². The third-order valence-corrected chi connectivity index (χ3v) is 3.39. The van der Waals surface area contributed by atoms with E-state index in [4.69, 9.17) is 10.00 Å². The number of hydrogen-bond acceptors (Lipinski definition) is 4. The lowest BCUT2D eigenvalue weighted by atomic mass is 10.1. The van der Waals surface area contributed by atoms with E-state index in [2.05, 4.69) is 11.4 Å². The third-order valence-electron chi connectivity index (χ3n) is 2.55. The van der Waals surface area contributed by atoms with Crippen LogP contribution >= 0.6 is 11.3 Å². The summed E-state index contributed by atoms with van der Waals surface area (Å²) < 4.78 is 5.22. The molecular formula is C16H16N2O2S. The van der Waals surface area contributed by atoms with E-state index in [0.29, 0.717) is 10.6 Å². The highest BCUT2D eigenvalue weighted by molar-refractivity contribution is 7.10. The lowest BCUT2D eigenvalue weighted by molar-refractivity contribution is 0.0636. The van der Waals surface area contributed by atoms with Crippen molar-refractivity contribution in [2.24, 2.45) is 0 Å². The number of amides is 1. The molecule has 0 saturated heterocycles. The summed E-state index contributed by atoms with van der Waals surface area (Å²) in [6.45, 7) is 5.45. The third kappa shape index (κ3) is 4.33. The fraction of sp³-hybridized carbons (Fsp3) is 0.250. The minimum Gasteiger partial charge on any atom is -0.444 e. The van der Waals surface area contributed by atoms with Gasteiger partial charge in [0.2, 0.25) is 0 Å². The first-order valence-electron chi connectivity index (χ1n) is 6.46. The second-order valence-electron chi connectivity index (χ2n) is 5.52. The molecule has 0 unspecified atom stereocenters. The molecule has 0 aliphatic heterocycles. The van der Waals surface area contributed by atoms with Crippen molar-refractivity contribution in [1.29, 1.82) is 5.26 Å². The molecule has 0 aliphatic rings. The smallest absolute Gasteiger partial charge is 0.412 e. The van der Waals surface area contributed by atoms with Crippen LogP contribution in [0, 0.1) is 11.3 Å². The van der Waals surface area contributed by atoms with Gasteiger partial charge in [0, 0.05) is 5.69 Å². The van der Waals surface area contributed by atoms with E-state index < -0.39 is 11.7 Å². The Bertz CT molecular complexity index is 693. The Balaban J connectivity index is 2.15. The van der Waals surface area contributed by atoms with Gasteiger partial charge in [-0.2, -0.15) is 5.26 Å². The van der Waals surface area contributed by atoms with Crippen molar-refractivity contribution >= 4 is 23.1 Å². The number of carbonyl (C=O) groups is 1. The van der Waals surface area contributed by atoms with Gasteiger partial charge in [0.25, 0.3) is 0 Å². The minimum atomic E-state index is -0.531. The van der Waals surface area contributed by atoms with Crippen molar-refractivity contribution in [3.63, 3.8) is 0 Å². The van der Waals surface area contributed by atoms with Gasteiger partial charge in [-0.1, -0.05) is 12.1 Å². The van der Waals surface area contributed by atoms with Crippen molar-refractivity contribution in [2.45, 2.75) is 26.4 Å². The van der Waals surface area contributed by atoms with E-state index in [-0.39, 0.29) is 0 Å². The number of thiophene rings is 1. The van der Waals surface area contributed by atoms with Gasteiger partial charge in [0.1, 0.15) is 16.5 Å². The number of anilines is 1. The topological polar surface area (TPSA) is 62.1 Å². The molecule has 21 heavy (non-hydrogen) atoms. The standard InChI is InChI=1S/C16H16N2O2S/c1-16(2,3)20-15(19)18-13-6-4-5-11(7-13)12-8-14(9-17)21-10-12/h4-8,10H,1-3H3,(H,18,19). The van der Waals surface area contributed by atoms with Crippen LogP contribution in [0.4, 0.5) is 10.5 Å². The van der Waals surface area contributed by atoms with Gasteiger partial charge in [-0.15, -0.1) is 11.3 Å². The summed E-state index contributed by atoms with van der Waals surface area (Å²) in [5.41, 5.74) is 2.04. The lowest BCUT2D eigenvalue weighted by Gasteiger charge is -2.19. The number of carbonyl (C=O) groups excluding carboxylic acids is 1. The molecule has 0 atom stereocenters. The molecule has 1 aromatic heterocycles. The predicted molar refractivity (Wildman–Crippen MR) is 84.3 cm³/mol. The summed E-state index contributed by atoms with van der Waals surface area (Å²) in [5.74, 6) is 0. The van der Waals surface area contributed by atoms with Crippen molar-refractivity contribution < 1.29 is 9.53 Å². The van der Waals surface area contributed by atoms with Crippen LogP contribution in [0.1, 0.15) is 25.6 Å². The zero-order chi connectivity index (χ0) is 15.5. The van der Waals surface area contributed by atoms with Crippen LogP contribution in [-0.4, -0.2) is 11.7 Å². The van der Waals surface area contributed by atoms with E-state index in [1.807, 2.05) is 50.4 Å². The van der Waals surface area contributed by atoms with Crippen molar-refractivity contribution in [2.75, 3.05) is 5.32 Å². The quantitative estimate of drug-likeness (QED) is 0.879. The van der Waals surface area contributed by atoms with Gasteiger partial charge in [-0.25, -0.2) is 4.79 Å². The molecule has 0 aliphatic carbocycles. The predicted octanol–water partition coefficient (Wildman–Crippen LogP) is 4.63. The molecule has 1 aromatic carbocycles. The Morgan fingerprint density at radius 3 is 2.67 bits per heavy atom. The Labute approximate surface area is 128 Å². The Hall–Kier alpha value is -2.32. The molecule has 0 radical (unpaired) electrons. The fourth-order valence-electron chi connectivity index (χ4n) is 1.74. The van der Waals surface area contributed by atoms with E-state index in [1.54, 1.807) is 6.07 Å². The van der Waals surface area contributed by atoms with Crippen LogP contribution in [0.5, 0.6) is 0 Å². The summed E-state index contributed by atoms with van der Waals surface area (Å²) in [4.78, 5) is 12.4. The second-order valence-corrected chi connectivity index (χ2v) is 6.43.